The molecule has 0 radical (unpaired) electrons. The van der Waals surface area contributed by atoms with Crippen LogP contribution in [0.15, 0.2) is 30.3 Å². The normalized spacial score (nSPS) is 26.4. The van der Waals surface area contributed by atoms with Gasteiger partial charge in [-0.2, -0.15) is 0 Å². The fourth-order valence-electron chi connectivity index (χ4n) is 1.53. The van der Waals surface area contributed by atoms with Crippen LogP contribution in [0.25, 0.3) is 0 Å². The zero-order valence-electron chi connectivity index (χ0n) is 7.24. The van der Waals surface area contributed by atoms with E-state index >= 15 is 0 Å². The molecule has 2 atom stereocenters. The minimum atomic E-state index is -0.787. The molecule has 3 nitrogen and oxygen atoms in total. The maximum atomic E-state index is 11.4. The number of imide groups is 1. The molecule has 0 aliphatic carbocycles. The molecule has 2 rings (SSSR count). The first-order chi connectivity index (χ1) is 6.70. The molecular weight excluding hydrogens is 202 g/mol. The van der Waals surface area contributed by atoms with E-state index in [1.165, 1.54) is 0 Å². The average Bonchev–Trinajstić information content (AvgIpc) is 2.43. The zero-order chi connectivity index (χ0) is 10.1. The van der Waals surface area contributed by atoms with Crippen LogP contribution in [0, 0.1) is 0 Å². The van der Waals surface area contributed by atoms with Crippen molar-refractivity contribution in [2.24, 2.45) is 0 Å². The predicted octanol–water partition coefficient (Wildman–Crippen LogP) is 1.03. The van der Waals surface area contributed by atoms with Gasteiger partial charge in [0.1, 0.15) is 5.38 Å². The predicted molar refractivity (Wildman–Crippen MR) is 52.0 cm³/mol. The Balaban J connectivity index is 2.36. The summed E-state index contributed by atoms with van der Waals surface area (Å²) >= 11 is 5.83. The number of carbonyl (C=O) groups is 2. The molecule has 0 saturated carbocycles. The summed E-state index contributed by atoms with van der Waals surface area (Å²) in [7, 11) is 0. The number of benzene rings is 1. The van der Waals surface area contributed by atoms with Crippen LogP contribution in [0.4, 0.5) is 0 Å². The number of halogens is 1. The summed E-state index contributed by atoms with van der Waals surface area (Å²) in [6.45, 7) is 0. The molecule has 1 aliphatic rings. The second-order valence-electron chi connectivity index (χ2n) is 3.14. The fourth-order valence-corrected chi connectivity index (χ4v) is 1.85. The van der Waals surface area contributed by atoms with Crippen molar-refractivity contribution in [1.29, 1.82) is 0 Å². The maximum absolute atomic E-state index is 11.4. The van der Waals surface area contributed by atoms with Gasteiger partial charge < -0.3 is 0 Å². The van der Waals surface area contributed by atoms with Crippen molar-refractivity contribution >= 4 is 23.4 Å². The van der Waals surface area contributed by atoms with Crippen LogP contribution in [-0.4, -0.2) is 17.2 Å². The molecule has 0 unspecified atom stereocenters. The highest BCUT2D eigenvalue weighted by atomic mass is 35.5. The number of hydrogen-bond acceptors (Lipinski definition) is 2. The van der Waals surface area contributed by atoms with Gasteiger partial charge in [-0.3, -0.25) is 14.9 Å². The third-order valence-corrected chi connectivity index (χ3v) is 2.68. The van der Waals surface area contributed by atoms with Gasteiger partial charge >= 0.3 is 0 Å². The number of carbonyl (C=O) groups excluding carboxylic acids is 2. The number of nitrogens with one attached hydrogen (secondary N) is 1. The lowest BCUT2D eigenvalue weighted by Crippen LogP contribution is -2.22. The molecule has 1 aromatic rings. The molecule has 0 spiro atoms. The van der Waals surface area contributed by atoms with Crippen molar-refractivity contribution in [2.45, 2.75) is 11.3 Å². The monoisotopic (exact) mass is 209 g/mol. The third kappa shape index (κ3) is 1.40. The van der Waals surface area contributed by atoms with Crippen LogP contribution >= 0.6 is 11.6 Å². The summed E-state index contributed by atoms with van der Waals surface area (Å²) in [5.74, 6) is -1.28. The van der Waals surface area contributed by atoms with E-state index in [2.05, 4.69) is 5.32 Å². The first kappa shape index (κ1) is 9.21. The first-order valence-corrected chi connectivity index (χ1v) is 4.67. The molecule has 1 aromatic carbocycles. The van der Waals surface area contributed by atoms with Crippen LogP contribution in [-0.2, 0) is 9.59 Å². The van der Waals surface area contributed by atoms with Gasteiger partial charge in [0.15, 0.2) is 0 Å². The molecular formula is C10H8ClNO2. The van der Waals surface area contributed by atoms with E-state index in [-0.39, 0.29) is 5.91 Å². The van der Waals surface area contributed by atoms with Crippen molar-refractivity contribution < 1.29 is 9.59 Å². The Labute approximate surface area is 86.1 Å². The van der Waals surface area contributed by atoms with Crippen LogP contribution in [0.3, 0.4) is 0 Å². The molecule has 14 heavy (non-hydrogen) atoms. The molecule has 72 valence electrons. The largest absolute Gasteiger partial charge is 0.295 e. The van der Waals surface area contributed by atoms with Gasteiger partial charge in [0.25, 0.3) is 0 Å². The number of alkyl halides is 1. The lowest BCUT2D eigenvalue weighted by Gasteiger charge is -2.08. The van der Waals surface area contributed by atoms with E-state index in [4.69, 9.17) is 11.6 Å². The first-order valence-electron chi connectivity index (χ1n) is 4.24. The standard InChI is InChI=1S/C10H8ClNO2/c11-8-7(9(13)12-10(8)14)6-4-2-1-3-5-6/h1-5,7-8H,(H,12,13,14)/t7-,8+/m0/s1. The molecule has 1 saturated heterocycles. The topological polar surface area (TPSA) is 46.2 Å². The quantitative estimate of drug-likeness (QED) is 0.555. The minimum Gasteiger partial charge on any atom is -0.295 e. The Morgan fingerprint density at radius 1 is 1.07 bits per heavy atom. The van der Waals surface area contributed by atoms with Crippen LogP contribution in [0.1, 0.15) is 11.5 Å². The van der Waals surface area contributed by atoms with Gasteiger partial charge in [0, 0.05) is 0 Å². The van der Waals surface area contributed by atoms with E-state index in [0.29, 0.717) is 0 Å². The van der Waals surface area contributed by atoms with E-state index in [9.17, 15) is 9.59 Å². The number of amides is 2. The molecule has 1 aliphatic heterocycles. The fraction of sp³-hybridized carbons (Fsp3) is 0.200. The maximum Gasteiger partial charge on any atom is 0.245 e. The van der Waals surface area contributed by atoms with Gasteiger partial charge in [-0.25, -0.2) is 0 Å². The molecule has 1 N–H and O–H groups in total. The van der Waals surface area contributed by atoms with Crippen molar-refractivity contribution in [1.82, 2.24) is 5.32 Å². The summed E-state index contributed by atoms with van der Waals surface area (Å²) in [5, 5.41) is 1.42. The third-order valence-electron chi connectivity index (χ3n) is 2.23. The van der Waals surface area contributed by atoms with Crippen molar-refractivity contribution in [3.05, 3.63) is 35.9 Å². The Hall–Kier alpha value is -1.35. The molecule has 0 bridgehead atoms. The van der Waals surface area contributed by atoms with Crippen LogP contribution in [0.2, 0.25) is 0 Å². The highest BCUT2D eigenvalue weighted by Crippen LogP contribution is 2.28. The SMILES string of the molecule is O=C1NC(=O)[C@@H](c2ccccc2)[C@H]1Cl. The van der Waals surface area contributed by atoms with Crippen molar-refractivity contribution in [3.8, 4) is 0 Å². The van der Waals surface area contributed by atoms with Crippen LogP contribution < -0.4 is 5.32 Å². The summed E-state index contributed by atoms with van der Waals surface area (Å²) in [4.78, 5) is 22.5. The van der Waals surface area contributed by atoms with Gasteiger partial charge in [-0.1, -0.05) is 30.3 Å². The summed E-state index contributed by atoms with van der Waals surface area (Å²) in [6.07, 6.45) is 0. The second-order valence-corrected chi connectivity index (χ2v) is 3.61. The van der Waals surface area contributed by atoms with Crippen molar-refractivity contribution in [2.75, 3.05) is 0 Å². The number of rotatable bonds is 1. The van der Waals surface area contributed by atoms with Gasteiger partial charge in [0.2, 0.25) is 11.8 Å². The van der Waals surface area contributed by atoms with E-state index in [1.807, 2.05) is 18.2 Å². The highest BCUT2D eigenvalue weighted by molar-refractivity contribution is 6.37. The Kier molecular flexibility index (Phi) is 2.25. The average molecular weight is 210 g/mol. The second kappa shape index (κ2) is 3.42. The van der Waals surface area contributed by atoms with Crippen molar-refractivity contribution in [3.63, 3.8) is 0 Å². The van der Waals surface area contributed by atoms with E-state index in [1.54, 1.807) is 12.1 Å². The Bertz CT molecular complexity index is 377. The molecule has 4 heteroatoms. The Morgan fingerprint density at radius 2 is 1.71 bits per heavy atom. The molecule has 0 aromatic heterocycles. The molecule has 1 heterocycles. The summed E-state index contributed by atoms with van der Waals surface area (Å²) in [5.41, 5.74) is 0.774. The minimum absolute atomic E-state index is 0.318. The smallest absolute Gasteiger partial charge is 0.245 e. The number of hydrogen-bond donors (Lipinski definition) is 1. The van der Waals surface area contributed by atoms with E-state index in [0.717, 1.165) is 5.56 Å². The van der Waals surface area contributed by atoms with Gasteiger partial charge in [-0.15, -0.1) is 11.6 Å². The molecule has 2 amide bonds. The lowest BCUT2D eigenvalue weighted by molar-refractivity contribution is -0.125. The highest BCUT2D eigenvalue weighted by Gasteiger charge is 2.41. The Morgan fingerprint density at radius 3 is 2.21 bits per heavy atom. The molecule has 1 fully saturated rings. The van der Waals surface area contributed by atoms with E-state index < -0.39 is 17.2 Å². The zero-order valence-corrected chi connectivity index (χ0v) is 7.99. The summed E-state index contributed by atoms with van der Waals surface area (Å²) in [6, 6.07) is 9.06. The summed E-state index contributed by atoms with van der Waals surface area (Å²) < 4.78 is 0. The van der Waals surface area contributed by atoms with Gasteiger partial charge in [0.05, 0.1) is 5.92 Å². The lowest BCUT2D eigenvalue weighted by atomic mass is 9.97. The van der Waals surface area contributed by atoms with Gasteiger partial charge in [-0.05, 0) is 5.56 Å². The van der Waals surface area contributed by atoms with Crippen LogP contribution in [0.5, 0.6) is 0 Å².